The molecule has 2 aliphatic rings. The number of carbonyl (C=O) groups excluding carboxylic acids is 1. The molecule has 50 valence electrons. The molecule has 0 aromatic carbocycles. The Hall–Kier alpha value is 0.150. The Bertz CT molecular complexity index is 148. The van der Waals surface area contributed by atoms with Gasteiger partial charge < -0.3 is 0 Å². The van der Waals surface area contributed by atoms with Crippen LogP contribution in [0.2, 0.25) is 0 Å². The molecular formula is C7H9BrO. The van der Waals surface area contributed by atoms with Crippen LogP contribution in [-0.2, 0) is 4.79 Å². The second-order valence-electron chi connectivity index (χ2n) is 3.40. The number of rotatable bonds is 0. The molecule has 2 rings (SSSR count). The summed E-state index contributed by atoms with van der Waals surface area (Å²) in [5.74, 6) is 0.467. The lowest BCUT2D eigenvalue weighted by Crippen LogP contribution is -2.48. The number of ketones is 1. The van der Waals surface area contributed by atoms with E-state index in [-0.39, 0.29) is 0 Å². The molecule has 2 fully saturated rings. The van der Waals surface area contributed by atoms with Crippen LogP contribution in [0.15, 0.2) is 0 Å². The zero-order valence-electron chi connectivity index (χ0n) is 5.19. The second-order valence-corrected chi connectivity index (χ2v) is 4.69. The lowest BCUT2D eigenvalue weighted by molar-refractivity contribution is -0.137. The van der Waals surface area contributed by atoms with Gasteiger partial charge in [0.1, 0.15) is 5.78 Å². The Balaban J connectivity index is 1.94. The van der Waals surface area contributed by atoms with Gasteiger partial charge in [0, 0.05) is 17.7 Å². The SMILES string of the molecule is O=C1CC2(C1)CC(Br)C2. The topological polar surface area (TPSA) is 17.1 Å². The third-order valence-electron chi connectivity index (χ3n) is 2.45. The molecule has 2 aliphatic carbocycles. The normalized spacial score (nSPS) is 31.9. The van der Waals surface area contributed by atoms with Crippen LogP contribution in [0.1, 0.15) is 25.7 Å². The van der Waals surface area contributed by atoms with E-state index in [1.165, 1.54) is 12.8 Å². The highest BCUT2D eigenvalue weighted by Gasteiger charge is 2.51. The van der Waals surface area contributed by atoms with Crippen molar-refractivity contribution in [3.05, 3.63) is 0 Å². The fraction of sp³-hybridized carbons (Fsp3) is 0.857. The van der Waals surface area contributed by atoms with Gasteiger partial charge in [-0.3, -0.25) is 4.79 Å². The minimum absolute atomic E-state index is 0.467. The molecule has 0 saturated heterocycles. The first-order valence-electron chi connectivity index (χ1n) is 3.36. The van der Waals surface area contributed by atoms with Gasteiger partial charge >= 0.3 is 0 Å². The Morgan fingerprint density at radius 1 is 1.44 bits per heavy atom. The average Bonchev–Trinajstić information content (AvgIpc) is 1.58. The van der Waals surface area contributed by atoms with E-state index in [0.29, 0.717) is 16.0 Å². The number of carbonyl (C=O) groups is 1. The summed E-state index contributed by atoms with van der Waals surface area (Å²) in [7, 11) is 0. The third kappa shape index (κ3) is 0.759. The molecule has 9 heavy (non-hydrogen) atoms. The molecule has 1 nitrogen and oxygen atoms in total. The summed E-state index contributed by atoms with van der Waals surface area (Å²) in [5, 5.41) is 0. The third-order valence-corrected chi connectivity index (χ3v) is 3.10. The zero-order valence-corrected chi connectivity index (χ0v) is 6.78. The van der Waals surface area contributed by atoms with Crippen molar-refractivity contribution in [1.82, 2.24) is 0 Å². The maximum Gasteiger partial charge on any atom is 0.134 e. The molecule has 0 radical (unpaired) electrons. The van der Waals surface area contributed by atoms with Gasteiger partial charge in [0.15, 0.2) is 0 Å². The van der Waals surface area contributed by atoms with Crippen molar-refractivity contribution in [3.63, 3.8) is 0 Å². The summed E-state index contributed by atoms with van der Waals surface area (Å²) < 4.78 is 0. The first kappa shape index (κ1) is 5.90. The highest BCUT2D eigenvalue weighted by molar-refractivity contribution is 9.09. The molecule has 0 atom stereocenters. The van der Waals surface area contributed by atoms with Crippen molar-refractivity contribution in [2.24, 2.45) is 5.41 Å². The average molecular weight is 189 g/mol. The van der Waals surface area contributed by atoms with E-state index in [1.807, 2.05) is 0 Å². The molecule has 0 heterocycles. The first-order valence-corrected chi connectivity index (χ1v) is 4.28. The highest BCUT2D eigenvalue weighted by Crippen LogP contribution is 2.56. The van der Waals surface area contributed by atoms with Crippen molar-refractivity contribution < 1.29 is 4.79 Å². The fourth-order valence-corrected chi connectivity index (χ4v) is 3.33. The van der Waals surface area contributed by atoms with E-state index in [0.717, 1.165) is 12.8 Å². The number of hydrogen-bond donors (Lipinski definition) is 0. The smallest absolute Gasteiger partial charge is 0.134 e. The molecule has 0 unspecified atom stereocenters. The van der Waals surface area contributed by atoms with Gasteiger partial charge in [0.25, 0.3) is 0 Å². The van der Waals surface area contributed by atoms with Crippen molar-refractivity contribution in [1.29, 1.82) is 0 Å². The Morgan fingerprint density at radius 2 is 2.00 bits per heavy atom. The van der Waals surface area contributed by atoms with E-state index in [1.54, 1.807) is 0 Å². The molecule has 1 spiro atoms. The van der Waals surface area contributed by atoms with E-state index in [2.05, 4.69) is 15.9 Å². The maximum absolute atomic E-state index is 10.6. The predicted octanol–water partition coefficient (Wildman–Crippen LogP) is 1.89. The van der Waals surface area contributed by atoms with Gasteiger partial charge in [-0.05, 0) is 18.3 Å². The fourth-order valence-electron chi connectivity index (χ4n) is 1.95. The Labute approximate surface area is 62.9 Å². The van der Waals surface area contributed by atoms with Crippen molar-refractivity contribution >= 4 is 21.7 Å². The molecule has 0 aromatic rings. The molecule has 0 aliphatic heterocycles. The minimum Gasteiger partial charge on any atom is -0.300 e. The summed E-state index contributed by atoms with van der Waals surface area (Å²) in [6.07, 6.45) is 4.21. The van der Waals surface area contributed by atoms with Gasteiger partial charge in [0.05, 0.1) is 0 Å². The molecular weight excluding hydrogens is 180 g/mol. The zero-order chi connectivity index (χ0) is 6.48. The van der Waals surface area contributed by atoms with Crippen LogP contribution in [-0.4, -0.2) is 10.6 Å². The van der Waals surface area contributed by atoms with E-state index in [4.69, 9.17) is 0 Å². The number of alkyl halides is 1. The van der Waals surface area contributed by atoms with Crippen molar-refractivity contribution in [2.75, 3.05) is 0 Å². The van der Waals surface area contributed by atoms with Gasteiger partial charge in [0.2, 0.25) is 0 Å². The number of hydrogen-bond acceptors (Lipinski definition) is 1. The second kappa shape index (κ2) is 1.60. The number of Topliss-reactive ketones (excluding diaryl/α,β-unsaturated/α-hetero) is 1. The van der Waals surface area contributed by atoms with Crippen LogP contribution in [0.25, 0.3) is 0 Å². The summed E-state index contributed by atoms with van der Waals surface area (Å²) in [6.45, 7) is 0. The summed E-state index contributed by atoms with van der Waals surface area (Å²) >= 11 is 3.52. The molecule has 0 amide bonds. The van der Waals surface area contributed by atoms with Crippen LogP contribution in [0.4, 0.5) is 0 Å². The lowest BCUT2D eigenvalue weighted by Gasteiger charge is -2.51. The summed E-state index contributed by atoms with van der Waals surface area (Å²) in [5.41, 5.74) is 0.491. The standard InChI is InChI=1S/C7H9BrO/c8-5-1-7(2-5)3-6(9)4-7/h5H,1-4H2. The molecule has 0 N–H and O–H groups in total. The van der Waals surface area contributed by atoms with Crippen LogP contribution in [0.3, 0.4) is 0 Å². The quantitative estimate of drug-likeness (QED) is 0.532. The van der Waals surface area contributed by atoms with Gasteiger partial charge in [-0.1, -0.05) is 15.9 Å². The maximum atomic E-state index is 10.6. The number of halogens is 1. The van der Waals surface area contributed by atoms with E-state index >= 15 is 0 Å². The molecule has 2 heteroatoms. The van der Waals surface area contributed by atoms with Crippen molar-refractivity contribution in [2.45, 2.75) is 30.5 Å². The molecule has 0 bridgehead atoms. The predicted molar refractivity (Wildman–Crippen MR) is 38.6 cm³/mol. The largest absolute Gasteiger partial charge is 0.300 e. The Kier molecular flexibility index (Phi) is 1.05. The van der Waals surface area contributed by atoms with Crippen LogP contribution < -0.4 is 0 Å². The monoisotopic (exact) mass is 188 g/mol. The van der Waals surface area contributed by atoms with Crippen LogP contribution in [0.5, 0.6) is 0 Å². The Morgan fingerprint density at radius 3 is 2.33 bits per heavy atom. The van der Waals surface area contributed by atoms with Crippen LogP contribution >= 0.6 is 15.9 Å². The molecule has 2 saturated carbocycles. The van der Waals surface area contributed by atoms with Crippen molar-refractivity contribution in [3.8, 4) is 0 Å². The van der Waals surface area contributed by atoms with Gasteiger partial charge in [-0.2, -0.15) is 0 Å². The van der Waals surface area contributed by atoms with Gasteiger partial charge in [-0.15, -0.1) is 0 Å². The first-order chi connectivity index (χ1) is 4.20. The summed E-state index contributed by atoms with van der Waals surface area (Å²) in [6, 6.07) is 0. The van der Waals surface area contributed by atoms with E-state index in [9.17, 15) is 4.79 Å². The van der Waals surface area contributed by atoms with E-state index < -0.39 is 0 Å². The van der Waals surface area contributed by atoms with Crippen LogP contribution in [0, 0.1) is 5.41 Å². The summed E-state index contributed by atoms with van der Waals surface area (Å²) in [4.78, 5) is 11.3. The minimum atomic E-state index is 0.467. The highest BCUT2D eigenvalue weighted by atomic mass is 79.9. The molecule has 0 aromatic heterocycles. The lowest BCUT2D eigenvalue weighted by atomic mass is 9.56. The van der Waals surface area contributed by atoms with Gasteiger partial charge in [-0.25, -0.2) is 0 Å².